The third kappa shape index (κ3) is 4.23. The Morgan fingerprint density at radius 2 is 2.14 bits per heavy atom. The first-order valence-electron chi connectivity index (χ1n) is 7.04. The van der Waals surface area contributed by atoms with Gasteiger partial charge in [0.1, 0.15) is 0 Å². The summed E-state index contributed by atoms with van der Waals surface area (Å²) in [5, 5.41) is 2.55. The van der Waals surface area contributed by atoms with Crippen molar-refractivity contribution in [3.8, 4) is 0 Å². The van der Waals surface area contributed by atoms with Gasteiger partial charge in [-0.05, 0) is 31.7 Å². The van der Waals surface area contributed by atoms with Crippen molar-refractivity contribution in [3.63, 3.8) is 0 Å². The summed E-state index contributed by atoms with van der Waals surface area (Å²) in [6, 6.07) is 4.22. The first kappa shape index (κ1) is 16.4. The maximum atomic E-state index is 12.5. The third-order valence-corrected chi connectivity index (χ3v) is 5.85. The second-order valence-electron chi connectivity index (χ2n) is 5.56. The van der Waals surface area contributed by atoms with E-state index in [0.29, 0.717) is 18.3 Å². The number of nitrogens with zero attached hydrogens (tertiary/aromatic N) is 1. The van der Waals surface area contributed by atoms with Crippen molar-refractivity contribution in [1.29, 1.82) is 0 Å². The van der Waals surface area contributed by atoms with Crippen molar-refractivity contribution in [1.82, 2.24) is 4.90 Å². The summed E-state index contributed by atoms with van der Waals surface area (Å²) in [4.78, 5) is 26.9. The predicted octanol–water partition coefficient (Wildman–Crippen LogP) is 3.10. The van der Waals surface area contributed by atoms with Crippen LogP contribution in [0.15, 0.2) is 17.5 Å². The quantitative estimate of drug-likeness (QED) is 0.800. The lowest BCUT2D eigenvalue weighted by Crippen LogP contribution is -2.48. The molecule has 0 aliphatic carbocycles. The molecule has 2 rings (SSSR count). The second-order valence-corrected chi connectivity index (χ2v) is 7.85. The number of carbonyl (C=O) groups excluding carboxylic acids is 2. The lowest BCUT2D eigenvalue weighted by molar-refractivity contribution is -0.168. The van der Waals surface area contributed by atoms with Crippen LogP contribution in [0.3, 0.4) is 0 Å². The minimum Gasteiger partial charge on any atom is -0.450 e. The Morgan fingerprint density at radius 3 is 2.76 bits per heavy atom. The van der Waals surface area contributed by atoms with Crippen LogP contribution in [0.25, 0.3) is 0 Å². The molecule has 1 aliphatic heterocycles. The van der Waals surface area contributed by atoms with Gasteiger partial charge in [-0.15, -0.1) is 11.3 Å². The van der Waals surface area contributed by atoms with Gasteiger partial charge < -0.3 is 9.64 Å². The van der Waals surface area contributed by atoms with Crippen LogP contribution in [0, 0.1) is 0 Å². The monoisotopic (exact) mass is 327 g/mol. The Morgan fingerprint density at radius 1 is 1.38 bits per heavy atom. The van der Waals surface area contributed by atoms with E-state index in [0.717, 1.165) is 12.2 Å². The summed E-state index contributed by atoms with van der Waals surface area (Å²) in [6.07, 6.45) is 0.938. The maximum Gasteiger partial charge on any atom is 0.303 e. The van der Waals surface area contributed by atoms with Crippen molar-refractivity contribution in [2.75, 3.05) is 18.8 Å². The lowest BCUT2D eigenvalue weighted by Gasteiger charge is -2.30. The van der Waals surface area contributed by atoms with E-state index in [-0.39, 0.29) is 5.91 Å². The molecular formula is C15H21NO3S2. The number of thioether (sulfide) groups is 1. The molecule has 0 bridgehead atoms. The molecule has 0 saturated carbocycles. The number of hydrogen-bond donors (Lipinski definition) is 0. The smallest absolute Gasteiger partial charge is 0.303 e. The van der Waals surface area contributed by atoms with Crippen molar-refractivity contribution < 1.29 is 14.3 Å². The molecule has 1 atom stereocenters. The molecule has 1 aromatic rings. The molecule has 2 heterocycles. The van der Waals surface area contributed by atoms with Crippen LogP contribution in [0.5, 0.6) is 0 Å². The Balaban J connectivity index is 1.99. The van der Waals surface area contributed by atoms with Gasteiger partial charge in [-0.3, -0.25) is 9.59 Å². The van der Waals surface area contributed by atoms with Gasteiger partial charge in [0, 0.05) is 35.9 Å². The molecule has 1 aliphatic rings. The molecule has 4 nitrogen and oxygen atoms in total. The van der Waals surface area contributed by atoms with Gasteiger partial charge in [0.2, 0.25) is 0 Å². The number of amides is 1. The van der Waals surface area contributed by atoms with Crippen molar-refractivity contribution in [2.45, 2.75) is 38.0 Å². The fraction of sp³-hybridized carbons (Fsp3) is 0.600. The Bertz CT molecular complexity index is 499. The summed E-state index contributed by atoms with van der Waals surface area (Å²) < 4.78 is 5.16. The van der Waals surface area contributed by atoms with E-state index in [1.165, 1.54) is 11.8 Å². The third-order valence-electron chi connectivity index (χ3n) is 3.40. The minimum atomic E-state index is -1.08. The second kappa shape index (κ2) is 6.83. The van der Waals surface area contributed by atoms with E-state index in [1.807, 2.05) is 16.7 Å². The number of esters is 1. The van der Waals surface area contributed by atoms with Crippen LogP contribution >= 0.6 is 23.1 Å². The lowest BCUT2D eigenvalue weighted by atomic mass is 10.1. The van der Waals surface area contributed by atoms with Gasteiger partial charge in [0.05, 0.1) is 0 Å². The van der Waals surface area contributed by atoms with E-state index >= 15 is 0 Å². The predicted molar refractivity (Wildman–Crippen MR) is 86.6 cm³/mol. The van der Waals surface area contributed by atoms with Crippen LogP contribution in [0.2, 0.25) is 0 Å². The molecule has 1 saturated heterocycles. The van der Waals surface area contributed by atoms with Crippen molar-refractivity contribution in [3.05, 3.63) is 22.4 Å². The number of ether oxygens (including phenoxy) is 1. The van der Waals surface area contributed by atoms with Crippen molar-refractivity contribution in [2.24, 2.45) is 0 Å². The summed E-state index contributed by atoms with van der Waals surface area (Å²) in [7, 11) is 0. The highest BCUT2D eigenvalue weighted by Gasteiger charge is 2.36. The van der Waals surface area contributed by atoms with Gasteiger partial charge >= 0.3 is 5.97 Å². The highest BCUT2D eigenvalue weighted by molar-refractivity contribution is 7.99. The van der Waals surface area contributed by atoms with E-state index in [1.54, 1.807) is 25.2 Å². The molecule has 0 unspecified atom stereocenters. The van der Waals surface area contributed by atoms with Gasteiger partial charge in [0.15, 0.2) is 5.60 Å². The summed E-state index contributed by atoms with van der Waals surface area (Å²) in [6.45, 7) is 6.06. The summed E-state index contributed by atoms with van der Waals surface area (Å²) in [5.41, 5.74) is -1.08. The van der Waals surface area contributed by atoms with Crippen LogP contribution in [0.4, 0.5) is 0 Å². The average Bonchev–Trinajstić information content (AvgIpc) is 2.81. The Hall–Kier alpha value is -1.01. The molecule has 1 fully saturated rings. The topological polar surface area (TPSA) is 46.6 Å². The van der Waals surface area contributed by atoms with Crippen molar-refractivity contribution >= 4 is 35.0 Å². The highest BCUT2D eigenvalue weighted by atomic mass is 32.2. The molecule has 0 N–H and O–H groups in total. The van der Waals surface area contributed by atoms with Crippen LogP contribution in [-0.4, -0.2) is 41.2 Å². The van der Waals surface area contributed by atoms with Gasteiger partial charge in [-0.25, -0.2) is 0 Å². The normalized spacial score (nSPS) is 20.0. The van der Waals surface area contributed by atoms with E-state index in [2.05, 4.69) is 17.5 Å². The molecule has 0 aromatic carbocycles. The van der Waals surface area contributed by atoms with Crippen LogP contribution in [0.1, 0.15) is 37.3 Å². The number of hydrogen-bond acceptors (Lipinski definition) is 5. The molecular weight excluding hydrogens is 306 g/mol. The summed E-state index contributed by atoms with van der Waals surface area (Å²) >= 11 is 3.66. The van der Waals surface area contributed by atoms with E-state index in [4.69, 9.17) is 4.74 Å². The fourth-order valence-electron chi connectivity index (χ4n) is 2.46. The maximum absolute atomic E-state index is 12.5. The average molecular weight is 327 g/mol. The zero-order valence-corrected chi connectivity index (χ0v) is 14.3. The highest BCUT2D eigenvalue weighted by Crippen LogP contribution is 2.37. The summed E-state index contributed by atoms with van der Waals surface area (Å²) in [5.74, 6) is 0.379. The van der Waals surface area contributed by atoms with E-state index in [9.17, 15) is 9.59 Å². The zero-order chi connectivity index (χ0) is 15.5. The number of thiophene rings is 1. The number of rotatable bonds is 3. The van der Waals surface area contributed by atoms with Gasteiger partial charge in [0.25, 0.3) is 5.91 Å². The first-order chi connectivity index (χ1) is 9.90. The Labute approximate surface area is 133 Å². The standard InChI is InChI=1S/C15H21NO3S2/c1-11(17)19-15(2,3)14(18)16-7-6-13(21-10-8-16)12-5-4-9-20-12/h4-5,9,13H,6-8,10H2,1-3H3/t13-/m1/s1. The molecule has 0 spiro atoms. The first-order valence-corrected chi connectivity index (χ1v) is 8.97. The zero-order valence-electron chi connectivity index (χ0n) is 12.6. The molecule has 6 heteroatoms. The molecule has 1 amide bonds. The molecule has 1 aromatic heterocycles. The Kier molecular flexibility index (Phi) is 5.32. The van der Waals surface area contributed by atoms with Gasteiger partial charge in [-0.1, -0.05) is 6.07 Å². The van der Waals surface area contributed by atoms with Crippen LogP contribution < -0.4 is 0 Å². The van der Waals surface area contributed by atoms with E-state index < -0.39 is 11.6 Å². The SMILES string of the molecule is CC(=O)OC(C)(C)C(=O)N1CCS[C@@H](c2cccs2)CC1. The molecule has 21 heavy (non-hydrogen) atoms. The number of carbonyl (C=O) groups is 2. The van der Waals surface area contributed by atoms with Crippen LogP contribution in [-0.2, 0) is 14.3 Å². The molecule has 0 radical (unpaired) electrons. The minimum absolute atomic E-state index is 0.106. The fourth-order valence-corrected chi connectivity index (χ4v) is 4.70. The van der Waals surface area contributed by atoms with Gasteiger partial charge in [-0.2, -0.15) is 11.8 Å². The largest absolute Gasteiger partial charge is 0.450 e. The molecule has 116 valence electrons.